The van der Waals surface area contributed by atoms with Crippen LogP contribution < -0.4 is 10.1 Å². The molecule has 0 saturated carbocycles. The molecule has 0 fully saturated rings. The highest BCUT2D eigenvalue weighted by Crippen LogP contribution is 2.25. The van der Waals surface area contributed by atoms with Gasteiger partial charge >= 0.3 is 0 Å². The van der Waals surface area contributed by atoms with E-state index in [0.717, 1.165) is 22.8 Å². The van der Waals surface area contributed by atoms with Gasteiger partial charge in [-0.3, -0.25) is 0 Å². The first-order valence-corrected chi connectivity index (χ1v) is 7.05. The number of imidazole rings is 1. The highest BCUT2D eigenvalue weighted by atomic mass is 35.5. The number of pyridine rings is 1. The summed E-state index contributed by atoms with van der Waals surface area (Å²) in [7, 11) is 1.67. The first kappa shape index (κ1) is 13.8. The number of hydrogen-bond donors (Lipinski definition) is 1. The van der Waals surface area contributed by atoms with Crippen LogP contribution in [-0.4, -0.2) is 16.5 Å². The number of nitrogens with zero attached hydrogens (tertiary/aromatic N) is 2. The van der Waals surface area contributed by atoms with Crippen LogP contribution in [0.1, 0.15) is 11.3 Å². The third-order valence-electron chi connectivity index (χ3n) is 3.28. The summed E-state index contributed by atoms with van der Waals surface area (Å²) in [5.41, 5.74) is 3.97. The number of hydrogen-bond acceptors (Lipinski definition) is 3. The molecule has 0 aliphatic heterocycles. The van der Waals surface area contributed by atoms with Crippen molar-refractivity contribution in [3.63, 3.8) is 0 Å². The van der Waals surface area contributed by atoms with Crippen molar-refractivity contribution in [2.75, 3.05) is 12.4 Å². The van der Waals surface area contributed by atoms with Crippen LogP contribution in [0.5, 0.6) is 5.75 Å². The number of nitrogens with one attached hydrogen (secondary N) is 1. The summed E-state index contributed by atoms with van der Waals surface area (Å²) in [4.78, 5) is 4.55. The number of aromatic nitrogens is 2. The number of rotatable bonds is 4. The van der Waals surface area contributed by atoms with E-state index in [1.807, 2.05) is 41.1 Å². The molecule has 3 rings (SSSR count). The molecular weight excluding hydrogens is 286 g/mol. The predicted molar refractivity (Wildman–Crippen MR) is 85.3 cm³/mol. The zero-order valence-electron chi connectivity index (χ0n) is 11.9. The molecule has 2 aromatic heterocycles. The average molecular weight is 302 g/mol. The van der Waals surface area contributed by atoms with Gasteiger partial charge in [0.2, 0.25) is 0 Å². The number of ether oxygens (including phenoxy) is 1. The monoisotopic (exact) mass is 301 g/mol. The van der Waals surface area contributed by atoms with Crippen molar-refractivity contribution in [2.24, 2.45) is 0 Å². The quantitative estimate of drug-likeness (QED) is 0.794. The first-order chi connectivity index (χ1) is 10.2. The Labute approximate surface area is 128 Å². The molecule has 3 aromatic rings. The molecule has 0 aliphatic carbocycles. The summed E-state index contributed by atoms with van der Waals surface area (Å²) in [5, 5.41) is 4.06. The molecule has 0 bridgehead atoms. The number of methoxy groups -OCH3 is 1. The Morgan fingerprint density at radius 1 is 1.24 bits per heavy atom. The third kappa shape index (κ3) is 2.95. The maximum atomic E-state index is 5.98. The SMILES string of the molecule is COc1ccc(C)cc1NCc1cn2cc(Cl)ccc2n1. The highest BCUT2D eigenvalue weighted by molar-refractivity contribution is 6.30. The van der Waals surface area contributed by atoms with Gasteiger partial charge in [0.1, 0.15) is 11.4 Å². The van der Waals surface area contributed by atoms with Crippen molar-refractivity contribution in [1.29, 1.82) is 0 Å². The summed E-state index contributed by atoms with van der Waals surface area (Å²) in [5.74, 6) is 0.826. The van der Waals surface area contributed by atoms with Gasteiger partial charge in [0.25, 0.3) is 0 Å². The number of aryl methyl sites for hydroxylation is 1. The van der Waals surface area contributed by atoms with Gasteiger partial charge in [0.05, 0.1) is 30.1 Å². The molecule has 0 aliphatic rings. The first-order valence-electron chi connectivity index (χ1n) is 6.67. The molecule has 108 valence electrons. The van der Waals surface area contributed by atoms with Crippen molar-refractivity contribution < 1.29 is 4.74 Å². The van der Waals surface area contributed by atoms with Crippen LogP contribution in [0, 0.1) is 6.92 Å². The average Bonchev–Trinajstić information content (AvgIpc) is 2.87. The van der Waals surface area contributed by atoms with Crippen molar-refractivity contribution in [3.05, 3.63) is 59.0 Å². The van der Waals surface area contributed by atoms with E-state index in [-0.39, 0.29) is 0 Å². The van der Waals surface area contributed by atoms with Crippen molar-refractivity contribution in [1.82, 2.24) is 9.38 Å². The molecule has 0 atom stereocenters. The van der Waals surface area contributed by atoms with Gasteiger partial charge in [0, 0.05) is 12.4 Å². The lowest BCUT2D eigenvalue weighted by molar-refractivity contribution is 0.416. The molecule has 0 spiro atoms. The number of anilines is 1. The summed E-state index contributed by atoms with van der Waals surface area (Å²) in [6, 6.07) is 9.79. The second kappa shape index (κ2) is 5.66. The molecule has 0 saturated heterocycles. The Bertz CT molecular complexity index is 782. The van der Waals surface area contributed by atoms with E-state index in [1.54, 1.807) is 7.11 Å². The van der Waals surface area contributed by atoms with E-state index < -0.39 is 0 Å². The Morgan fingerprint density at radius 3 is 2.90 bits per heavy atom. The van der Waals surface area contributed by atoms with Crippen molar-refractivity contribution >= 4 is 22.9 Å². The van der Waals surface area contributed by atoms with Crippen LogP contribution in [0.25, 0.3) is 5.65 Å². The summed E-state index contributed by atoms with van der Waals surface area (Å²) in [6.45, 7) is 2.68. The smallest absolute Gasteiger partial charge is 0.141 e. The lowest BCUT2D eigenvalue weighted by Crippen LogP contribution is -2.02. The fourth-order valence-electron chi connectivity index (χ4n) is 2.25. The Kier molecular flexibility index (Phi) is 3.71. The Morgan fingerprint density at radius 2 is 2.10 bits per heavy atom. The molecule has 0 unspecified atom stereocenters. The van der Waals surface area contributed by atoms with E-state index in [9.17, 15) is 0 Å². The molecule has 1 N–H and O–H groups in total. The van der Waals surface area contributed by atoms with E-state index in [4.69, 9.17) is 16.3 Å². The third-order valence-corrected chi connectivity index (χ3v) is 3.50. The standard InChI is InChI=1S/C16H16ClN3O/c1-11-3-5-15(21-2)14(7-11)18-8-13-10-20-9-12(17)4-6-16(20)19-13/h3-7,9-10,18H,8H2,1-2H3. The summed E-state index contributed by atoms with van der Waals surface area (Å²) in [6.07, 6.45) is 3.82. The Hall–Kier alpha value is -2.20. The highest BCUT2D eigenvalue weighted by Gasteiger charge is 2.05. The van der Waals surface area contributed by atoms with Crippen LogP contribution in [0.3, 0.4) is 0 Å². The topological polar surface area (TPSA) is 38.6 Å². The van der Waals surface area contributed by atoms with Crippen molar-refractivity contribution in [3.8, 4) is 5.75 Å². The lowest BCUT2D eigenvalue weighted by Gasteiger charge is -2.10. The molecule has 4 nitrogen and oxygen atoms in total. The second-order valence-electron chi connectivity index (χ2n) is 4.90. The number of benzene rings is 1. The second-order valence-corrected chi connectivity index (χ2v) is 5.34. The summed E-state index contributed by atoms with van der Waals surface area (Å²) >= 11 is 5.98. The van der Waals surface area contributed by atoms with E-state index in [0.29, 0.717) is 11.6 Å². The largest absolute Gasteiger partial charge is 0.495 e. The maximum Gasteiger partial charge on any atom is 0.141 e. The molecule has 2 heterocycles. The minimum Gasteiger partial charge on any atom is -0.495 e. The molecule has 0 amide bonds. The van der Waals surface area contributed by atoms with Gasteiger partial charge in [-0.25, -0.2) is 4.98 Å². The lowest BCUT2D eigenvalue weighted by atomic mass is 10.2. The molecule has 5 heteroatoms. The summed E-state index contributed by atoms with van der Waals surface area (Å²) < 4.78 is 7.28. The minimum absolute atomic E-state index is 0.624. The van der Waals surface area contributed by atoms with Crippen molar-refractivity contribution in [2.45, 2.75) is 13.5 Å². The fourth-order valence-corrected chi connectivity index (χ4v) is 2.42. The molecule has 0 radical (unpaired) electrons. The van der Waals surface area contributed by atoms with Crippen LogP contribution in [-0.2, 0) is 6.54 Å². The van der Waals surface area contributed by atoms with Gasteiger partial charge in [-0.2, -0.15) is 0 Å². The minimum atomic E-state index is 0.624. The van der Waals surface area contributed by atoms with Crippen LogP contribution >= 0.6 is 11.6 Å². The van der Waals surface area contributed by atoms with Crippen LogP contribution in [0.2, 0.25) is 5.02 Å². The van der Waals surface area contributed by atoms with Gasteiger partial charge in [0.15, 0.2) is 0 Å². The number of halogens is 1. The molecule has 1 aromatic carbocycles. The Balaban J connectivity index is 1.81. The van der Waals surface area contributed by atoms with Crippen LogP contribution in [0.15, 0.2) is 42.7 Å². The van der Waals surface area contributed by atoms with Gasteiger partial charge in [-0.15, -0.1) is 0 Å². The zero-order valence-corrected chi connectivity index (χ0v) is 12.7. The van der Waals surface area contributed by atoms with Crippen LogP contribution in [0.4, 0.5) is 5.69 Å². The predicted octanol–water partition coefficient (Wildman–Crippen LogP) is 3.92. The molecule has 21 heavy (non-hydrogen) atoms. The van der Waals surface area contributed by atoms with E-state index in [2.05, 4.69) is 23.3 Å². The maximum absolute atomic E-state index is 5.98. The zero-order chi connectivity index (χ0) is 14.8. The fraction of sp³-hybridized carbons (Fsp3) is 0.188. The van der Waals surface area contributed by atoms with Gasteiger partial charge in [-0.1, -0.05) is 17.7 Å². The van der Waals surface area contributed by atoms with Gasteiger partial charge in [-0.05, 0) is 36.8 Å². The van der Waals surface area contributed by atoms with E-state index >= 15 is 0 Å². The normalized spacial score (nSPS) is 10.8. The van der Waals surface area contributed by atoms with Gasteiger partial charge < -0.3 is 14.5 Å². The van der Waals surface area contributed by atoms with E-state index in [1.165, 1.54) is 5.56 Å². The number of fused-ring (bicyclic) bond motifs is 1. The molecular formula is C16H16ClN3O.